The Morgan fingerprint density at radius 3 is 2.42 bits per heavy atom. The first-order chi connectivity index (χ1) is 11.0. The van der Waals surface area contributed by atoms with Gasteiger partial charge in [0.05, 0.1) is 18.1 Å². The molecule has 140 valence electrons. The van der Waals surface area contributed by atoms with Gasteiger partial charge in [-0.05, 0) is 38.1 Å². The summed E-state index contributed by atoms with van der Waals surface area (Å²) in [5, 5.41) is 3.03. The summed E-state index contributed by atoms with van der Waals surface area (Å²) >= 11 is 0. The third-order valence-corrected chi connectivity index (χ3v) is 6.66. The SMILES string of the molecule is CC(CN(C)CC1CC(C)(C)C1)NC(=O)CN1CCS(=O)(=O)CC1. The van der Waals surface area contributed by atoms with E-state index in [4.69, 9.17) is 0 Å². The van der Waals surface area contributed by atoms with Crippen LogP contribution < -0.4 is 5.32 Å². The van der Waals surface area contributed by atoms with Crippen molar-refractivity contribution in [1.29, 1.82) is 0 Å². The minimum absolute atomic E-state index is 0.0139. The first kappa shape index (κ1) is 19.7. The van der Waals surface area contributed by atoms with E-state index in [-0.39, 0.29) is 23.5 Å². The standard InChI is InChI=1S/C17H33N3O3S/c1-14(11-19(4)12-15-9-17(2,3)10-15)18-16(21)13-20-5-7-24(22,23)8-6-20/h14-15H,5-13H2,1-4H3,(H,18,21). The number of nitrogens with zero attached hydrogens (tertiary/aromatic N) is 2. The number of rotatable bonds is 7. The van der Waals surface area contributed by atoms with Crippen molar-refractivity contribution in [2.45, 2.75) is 39.7 Å². The van der Waals surface area contributed by atoms with Crippen LogP contribution in [0.1, 0.15) is 33.6 Å². The molecular weight excluding hydrogens is 326 g/mol. The van der Waals surface area contributed by atoms with Gasteiger partial charge in [0.2, 0.25) is 5.91 Å². The normalized spacial score (nSPS) is 25.2. The molecule has 1 saturated carbocycles. The van der Waals surface area contributed by atoms with E-state index in [1.54, 1.807) is 0 Å². The molecule has 0 aromatic heterocycles. The summed E-state index contributed by atoms with van der Waals surface area (Å²) in [5.74, 6) is 1.09. The zero-order chi connectivity index (χ0) is 18.0. The molecule has 24 heavy (non-hydrogen) atoms. The second-order valence-electron chi connectivity index (χ2n) is 8.56. The fraction of sp³-hybridized carbons (Fsp3) is 0.941. The van der Waals surface area contributed by atoms with E-state index in [1.807, 2.05) is 11.8 Å². The van der Waals surface area contributed by atoms with Crippen LogP contribution >= 0.6 is 0 Å². The van der Waals surface area contributed by atoms with Crippen LogP contribution in [0, 0.1) is 11.3 Å². The molecule has 1 aliphatic heterocycles. The topological polar surface area (TPSA) is 69.7 Å². The van der Waals surface area contributed by atoms with Gasteiger partial charge in [0.25, 0.3) is 0 Å². The molecule has 2 fully saturated rings. The molecule has 2 aliphatic rings. The maximum Gasteiger partial charge on any atom is 0.234 e. The number of hydrogen-bond donors (Lipinski definition) is 1. The summed E-state index contributed by atoms with van der Waals surface area (Å²) in [6.07, 6.45) is 2.58. The molecule has 0 aromatic carbocycles. The maximum atomic E-state index is 12.1. The van der Waals surface area contributed by atoms with Crippen molar-refractivity contribution in [3.05, 3.63) is 0 Å². The highest BCUT2D eigenvalue weighted by Crippen LogP contribution is 2.44. The summed E-state index contributed by atoms with van der Waals surface area (Å²) in [6, 6.07) is 0.101. The van der Waals surface area contributed by atoms with Crippen molar-refractivity contribution in [2.75, 3.05) is 51.3 Å². The van der Waals surface area contributed by atoms with Gasteiger partial charge in [-0.25, -0.2) is 8.42 Å². The average molecular weight is 360 g/mol. The number of carbonyl (C=O) groups is 1. The molecule has 0 radical (unpaired) electrons. The summed E-state index contributed by atoms with van der Waals surface area (Å²) in [6.45, 7) is 9.81. The van der Waals surface area contributed by atoms with Crippen LogP contribution in [-0.4, -0.2) is 81.4 Å². The van der Waals surface area contributed by atoms with Gasteiger partial charge in [0.15, 0.2) is 9.84 Å². The lowest BCUT2D eigenvalue weighted by atomic mass is 9.64. The molecule has 6 nitrogen and oxygen atoms in total. The van der Waals surface area contributed by atoms with Crippen LogP contribution in [0.2, 0.25) is 0 Å². The van der Waals surface area contributed by atoms with Crippen LogP contribution in [0.15, 0.2) is 0 Å². The summed E-state index contributed by atoms with van der Waals surface area (Å²) in [7, 11) is -0.773. The first-order valence-electron chi connectivity index (χ1n) is 8.95. The molecule has 7 heteroatoms. The predicted octanol–water partition coefficient (Wildman–Crippen LogP) is 0.590. The monoisotopic (exact) mass is 359 g/mol. The first-order valence-corrected chi connectivity index (χ1v) is 10.8. The molecule has 0 spiro atoms. The molecule has 1 unspecified atom stereocenters. The third-order valence-electron chi connectivity index (χ3n) is 5.05. The Morgan fingerprint density at radius 2 is 1.88 bits per heavy atom. The van der Waals surface area contributed by atoms with Gasteiger partial charge in [-0.1, -0.05) is 13.8 Å². The molecule has 1 aliphatic carbocycles. The Balaban J connectivity index is 1.63. The Morgan fingerprint density at radius 1 is 1.29 bits per heavy atom. The van der Waals surface area contributed by atoms with Crippen LogP contribution in [-0.2, 0) is 14.6 Å². The van der Waals surface area contributed by atoms with E-state index in [0.29, 0.717) is 25.0 Å². The van der Waals surface area contributed by atoms with Gasteiger partial charge in [0.1, 0.15) is 0 Å². The van der Waals surface area contributed by atoms with Crippen molar-refractivity contribution in [3.63, 3.8) is 0 Å². The molecule has 2 rings (SSSR count). The number of amides is 1. The number of likely N-dealkylation sites (N-methyl/N-ethyl adjacent to an activating group) is 1. The second-order valence-corrected chi connectivity index (χ2v) is 10.9. The van der Waals surface area contributed by atoms with Gasteiger partial charge >= 0.3 is 0 Å². The van der Waals surface area contributed by atoms with E-state index < -0.39 is 9.84 Å². The predicted molar refractivity (Wildman–Crippen MR) is 96.7 cm³/mol. The van der Waals surface area contributed by atoms with E-state index in [0.717, 1.165) is 19.0 Å². The zero-order valence-electron chi connectivity index (χ0n) is 15.5. The highest BCUT2D eigenvalue weighted by atomic mass is 32.2. The van der Waals surface area contributed by atoms with Crippen molar-refractivity contribution < 1.29 is 13.2 Å². The summed E-state index contributed by atoms with van der Waals surface area (Å²) < 4.78 is 22.8. The smallest absolute Gasteiger partial charge is 0.234 e. The van der Waals surface area contributed by atoms with Crippen molar-refractivity contribution in [2.24, 2.45) is 11.3 Å². The largest absolute Gasteiger partial charge is 0.351 e. The highest BCUT2D eigenvalue weighted by Gasteiger charge is 2.36. The van der Waals surface area contributed by atoms with Crippen LogP contribution in [0.3, 0.4) is 0 Å². The van der Waals surface area contributed by atoms with Crippen molar-refractivity contribution in [3.8, 4) is 0 Å². The molecule has 1 amide bonds. The van der Waals surface area contributed by atoms with E-state index in [1.165, 1.54) is 12.8 Å². The minimum Gasteiger partial charge on any atom is -0.351 e. The molecule has 0 aromatic rings. The van der Waals surface area contributed by atoms with Gasteiger partial charge in [-0.3, -0.25) is 9.69 Å². The second kappa shape index (κ2) is 7.70. The lowest BCUT2D eigenvalue weighted by Crippen LogP contribution is -2.49. The Bertz CT molecular complexity index is 525. The Kier molecular flexibility index (Phi) is 6.31. The van der Waals surface area contributed by atoms with Gasteiger partial charge in [-0.15, -0.1) is 0 Å². The van der Waals surface area contributed by atoms with E-state index in [9.17, 15) is 13.2 Å². The lowest BCUT2D eigenvalue weighted by molar-refractivity contribution is -0.122. The molecule has 1 N–H and O–H groups in total. The van der Waals surface area contributed by atoms with Crippen LogP contribution in [0.4, 0.5) is 0 Å². The molecule has 0 bridgehead atoms. The Labute approximate surface area is 146 Å². The maximum absolute atomic E-state index is 12.1. The number of carbonyl (C=O) groups excluding carboxylic acids is 1. The molecule has 1 saturated heterocycles. The minimum atomic E-state index is -2.89. The number of nitrogens with one attached hydrogen (secondary N) is 1. The molecule has 1 atom stereocenters. The average Bonchev–Trinajstić information content (AvgIpc) is 2.38. The fourth-order valence-electron chi connectivity index (χ4n) is 4.09. The van der Waals surface area contributed by atoms with Gasteiger partial charge < -0.3 is 10.2 Å². The molecule has 1 heterocycles. The Hall–Kier alpha value is -0.660. The van der Waals surface area contributed by atoms with E-state index in [2.05, 4.69) is 31.1 Å². The number of hydrogen-bond acceptors (Lipinski definition) is 5. The highest BCUT2D eigenvalue weighted by molar-refractivity contribution is 7.91. The summed E-state index contributed by atoms with van der Waals surface area (Å²) in [4.78, 5) is 16.3. The molecular formula is C17H33N3O3S. The zero-order valence-corrected chi connectivity index (χ0v) is 16.4. The summed E-state index contributed by atoms with van der Waals surface area (Å²) in [5.41, 5.74) is 0.507. The van der Waals surface area contributed by atoms with Gasteiger partial charge in [0, 0.05) is 32.2 Å². The van der Waals surface area contributed by atoms with Crippen molar-refractivity contribution >= 4 is 15.7 Å². The lowest BCUT2D eigenvalue weighted by Gasteiger charge is -2.44. The van der Waals surface area contributed by atoms with Crippen LogP contribution in [0.5, 0.6) is 0 Å². The van der Waals surface area contributed by atoms with Crippen LogP contribution in [0.25, 0.3) is 0 Å². The quantitative estimate of drug-likeness (QED) is 0.720. The van der Waals surface area contributed by atoms with E-state index >= 15 is 0 Å². The van der Waals surface area contributed by atoms with Gasteiger partial charge in [-0.2, -0.15) is 0 Å². The van der Waals surface area contributed by atoms with Crippen molar-refractivity contribution in [1.82, 2.24) is 15.1 Å². The number of sulfone groups is 1. The fourth-order valence-corrected chi connectivity index (χ4v) is 5.37. The third kappa shape index (κ3) is 6.33.